The highest BCUT2D eigenvalue weighted by atomic mass is 16.6. The number of nitro benzene ring substituents is 1. The average Bonchev–Trinajstić information content (AvgIpc) is 3.31. The average molecular weight is 397 g/mol. The first-order chi connectivity index (χ1) is 14.0. The molecule has 1 amide bonds. The molecule has 2 aromatic carbocycles. The molecular weight excluding hydrogens is 378 g/mol. The van der Waals surface area contributed by atoms with Crippen molar-refractivity contribution in [2.75, 3.05) is 5.32 Å². The summed E-state index contributed by atoms with van der Waals surface area (Å²) in [6.45, 7) is -0.274. The van der Waals surface area contributed by atoms with Gasteiger partial charge in [-0.15, -0.1) is 0 Å². The highest BCUT2D eigenvalue weighted by Crippen LogP contribution is 2.25. The predicted molar refractivity (Wildman–Crippen MR) is 105 cm³/mol. The highest BCUT2D eigenvalue weighted by Gasteiger charge is 2.17. The minimum absolute atomic E-state index is 0.0606. The fourth-order valence-electron chi connectivity index (χ4n) is 3.48. The van der Waals surface area contributed by atoms with E-state index in [-0.39, 0.29) is 23.9 Å². The normalized spacial score (nSPS) is 14.2. The van der Waals surface area contributed by atoms with Gasteiger partial charge in [0.15, 0.2) is 5.58 Å². The van der Waals surface area contributed by atoms with Gasteiger partial charge in [0.25, 0.3) is 5.69 Å². The van der Waals surface area contributed by atoms with E-state index in [2.05, 4.69) is 5.32 Å². The second-order valence-corrected chi connectivity index (χ2v) is 6.96. The third kappa shape index (κ3) is 4.13. The van der Waals surface area contributed by atoms with Crippen molar-refractivity contribution in [3.8, 4) is 5.75 Å². The molecule has 0 bridgehead atoms. The zero-order chi connectivity index (χ0) is 20.4. The smallest absolute Gasteiger partial charge is 0.420 e. The lowest BCUT2D eigenvalue weighted by atomic mass is 10.2. The van der Waals surface area contributed by atoms with Crippen LogP contribution in [0.25, 0.3) is 11.1 Å². The van der Waals surface area contributed by atoms with Crippen LogP contribution in [0.4, 0.5) is 11.4 Å². The number of anilines is 1. The van der Waals surface area contributed by atoms with Gasteiger partial charge < -0.3 is 14.5 Å². The van der Waals surface area contributed by atoms with E-state index in [9.17, 15) is 19.7 Å². The topological polar surface area (TPSA) is 117 Å². The number of non-ortho nitro benzene ring substituents is 1. The number of nitrogens with one attached hydrogen (secondary N) is 1. The number of aromatic nitrogens is 1. The van der Waals surface area contributed by atoms with Crippen molar-refractivity contribution in [3.63, 3.8) is 0 Å². The number of hydrogen-bond donors (Lipinski definition) is 1. The standard InChI is InChI=1S/C20H19N3O6/c24-19(21-13-5-8-16(9-6-13)28-15-3-1-2-4-15)12-22-17-10-7-14(23(26)27)11-18(17)29-20(22)25/h5-11,15H,1-4,12H2,(H,21,24). The molecule has 0 spiro atoms. The minimum atomic E-state index is -0.754. The largest absolute Gasteiger partial charge is 0.490 e. The van der Waals surface area contributed by atoms with E-state index < -0.39 is 16.6 Å². The number of benzene rings is 2. The molecule has 29 heavy (non-hydrogen) atoms. The predicted octanol–water partition coefficient (Wildman–Crippen LogP) is 3.46. The number of carbonyl (C=O) groups is 1. The van der Waals surface area contributed by atoms with Crippen LogP contribution in [0.5, 0.6) is 5.75 Å². The van der Waals surface area contributed by atoms with Crippen LogP contribution in [0.3, 0.4) is 0 Å². The SMILES string of the molecule is O=C(Cn1c(=O)oc2cc([N+](=O)[O-])ccc21)Nc1ccc(OC2CCCC2)cc1. The first kappa shape index (κ1) is 18.7. The van der Waals surface area contributed by atoms with Gasteiger partial charge in [-0.3, -0.25) is 19.5 Å². The van der Waals surface area contributed by atoms with Gasteiger partial charge >= 0.3 is 5.76 Å². The Kier molecular flexibility index (Phi) is 5.03. The van der Waals surface area contributed by atoms with Crippen LogP contribution in [0, 0.1) is 10.1 Å². The summed E-state index contributed by atoms with van der Waals surface area (Å²) >= 11 is 0. The fraction of sp³-hybridized carbons (Fsp3) is 0.300. The molecule has 1 fully saturated rings. The number of amides is 1. The number of ether oxygens (including phenoxy) is 1. The quantitative estimate of drug-likeness (QED) is 0.503. The second-order valence-electron chi connectivity index (χ2n) is 6.96. The van der Waals surface area contributed by atoms with Crippen LogP contribution in [0.15, 0.2) is 51.7 Å². The first-order valence-electron chi connectivity index (χ1n) is 9.34. The van der Waals surface area contributed by atoms with E-state index in [1.807, 2.05) is 0 Å². The molecule has 1 aromatic heterocycles. The molecule has 1 aliphatic rings. The maximum absolute atomic E-state index is 12.4. The lowest BCUT2D eigenvalue weighted by Gasteiger charge is -2.13. The molecule has 1 heterocycles. The van der Waals surface area contributed by atoms with Crippen molar-refractivity contribution in [1.29, 1.82) is 0 Å². The molecule has 0 aliphatic heterocycles. The lowest BCUT2D eigenvalue weighted by molar-refractivity contribution is -0.384. The molecular formula is C20H19N3O6. The van der Waals surface area contributed by atoms with E-state index in [1.54, 1.807) is 24.3 Å². The molecule has 1 aliphatic carbocycles. The van der Waals surface area contributed by atoms with E-state index in [4.69, 9.17) is 9.15 Å². The van der Waals surface area contributed by atoms with Gasteiger partial charge in [0.2, 0.25) is 5.91 Å². The summed E-state index contributed by atoms with van der Waals surface area (Å²) in [6, 6.07) is 10.9. The number of rotatable bonds is 6. The molecule has 0 unspecified atom stereocenters. The number of nitrogens with zero attached hydrogens (tertiary/aromatic N) is 2. The Labute approximate surface area is 165 Å². The first-order valence-corrected chi connectivity index (χ1v) is 9.34. The van der Waals surface area contributed by atoms with E-state index >= 15 is 0 Å². The molecule has 0 saturated heterocycles. The Balaban J connectivity index is 1.43. The monoisotopic (exact) mass is 397 g/mol. The van der Waals surface area contributed by atoms with Crippen LogP contribution in [-0.2, 0) is 11.3 Å². The number of carbonyl (C=O) groups excluding carboxylic acids is 1. The molecule has 1 N–H and O–H groups in total. The van der Waals surface area contributed by atoms with Gasteiger partial charge in [-0.05, 0) is 56.0 Å². The van der Waals surface area contributed by atoms with E-state index in [0.717, 1.165) is 29.2 Å². The van der Waals surface area contributed by atoms with Crippen molar-refractivity contribution < 1.29 is 18.9 Å². The minimum Gasteiger partial charge on any atom is -0.490 e. The molecule has 3 aromatic rings. The highest BCUT2D eigenvalue weighted by molar-refractivity contribution is 5.91. The summed E-state index contributed by atoms with van der Waals surface area (Å²) < 4.78 is 12.0. The molecule has 1 saturated carbocycles. The number of hydrogen-bond acceptors (Lipinski definition) is 6. The second kappa shape index (κ2) is 7.78. The molecule has 4 rings (SSSR count). The van der Waals surface area contributed by atoms with E-state index in [0.29, 0.717) is 11.2 Å². The molecule has 150 valence electrons. The third-order valence-electron chi connectivity index (χ3n) is 4.91. The molecule has 9 nitrogen and oxygen atoms in total. The van der Waals surface area contributed by atoms with Crippen molar-refractivity contribution in [2.24, 2.45) is 0 Å². The maximum atomic E-state index is 12.4. The zero-order valence-corrected chi connectivity index (χ0v) is 15.5. The van der Waals surface area contributed by atoms with Crippen molar-refractivity contribution >= 4 is 28.4 Å². The number of oxazole rings is 1. The number of fused-ring (bicyclic) bond motifs is 1. The Bertz CT molecular complexity index is 1110. The Hall–Kier alpha value is -3.62. The third-order valence-corrected chi connectivity index (χ3v) is 4.91. The molecule has 0 atom stereocenters. The van der Waals surface area contributed by atoms with Crippen LogP contribution in [-0.4, -0.2) is 21.5 Å². The van der Waals surface area contributed by atoms with Gasteiger partial charge in [-0.2, -0.15) is 0 Å². The van der Waals surface area contributed by atoms with Gasteiger partial charge in [0.1, 0.15) is 12.3 Å². The summed E-state index contributed by atoms with van der Waals surface area (Å²) in [6.07, 6.45) is 4.76. The van der Waals surface area contributed by atoms with Gasteiger partial charge in [-0.1, -0.05) is 0 Å². The zero-order valence-electron chi connectivity index (χ0n) is 15.5. The van der Waals surface area contributed by atoms with Crippen molar-refractivity contribution in [3.05, 3.63) is 63.1 Å². The summed E-state index contributed by atoms with van der Waals surface area (Å²) in [5.74, 6) is -0.415. The van der Waals surface area contributed by atoms with E-state index in [1.165, 1.54) is 25.0 Å². The Morgan fingerprint density at radius 2 is 1.93 bits per heavy atom. The number of nitro groups is 1. The fourth-order valence-corrected chi connectivity index (χ4v) is 3.48. The van der Waals surface area contributed by atoms with Crippen LogP contribution < -0.4 is 15.8 Å². The van der Waals surface area contributed by atoms with Gasteiger partial charge in [0, 0.05) is 11.8 Å². The molecule has 0 radical (unpaired) electrons. The maximum Gasteiger partial charge on any atom is 0.420 e. The summed E-state index contributed by atoms with van der Waals surface area (Å²) in [4.78, 5) is 34.7. The summed E-state index contributed by atoms with van der Waals surface area (Å²) in [5.41, 5.74) is 0.759. The van der Waals surface area contributed by atoms with Crippen LogP contribution in [0.1, 0.15) is 25.7 Å². The van der Waals surface area contributed by atoms with Gasteiger partial charge in [0.05, 0.1) is 22.6 Å². The Morgan fingerprint density at radius 1 is 1.21 bits per heavy atom. The van der Waals surface area contributed by atoms with Crippen molar-refractivity contribution in [1.82, 2.24) is 4.57 Å². The summed E-state index contributed by atoms with van der Waals surface area (Å²) in [5, 5.41) is 13.6. The van der Waals surface area contributed by atoms with Crippen LogP contribution >= 0.6 is 0 Å². The summed E-state index contributed by atoms with van der Waals surface area (Å²) in [7, 11) is 0. The van der Waals surface area contributed by atoms with Crippen LogP contribution in [0.2, 0.25) is 0 Å². The van der Waals surface area contributed by atoms with Crippen molar-refractivity contribution in [2.45, 2.75) is 38.3 Å². The van der Waals surface area contributed by atoms with Gasteiger partial charge in [-0.25, -0.2) is 4.79 Å². The Morgan fingerprint density at radius 3 is 2.62 bits per heavy atom. The molecule has 9 heteroatoms. The lowest BCUT2D eigenvalue weighted by Crippen LogP contribution is -2.24.